The summed E-state index contributed by atoms with van der Waals surface area (Å²) in [7, 11) is 1.31. The number of rotatable bonds is 5. The van der Waals surface area contributed by atoms with Crippen LogP contribution in [0.25, 0.3) is 17.2 Å². The van der Waals surface area contributed by atoms with Gasteiger partial charge in [-0.15, -0.1) is 0 Å². The predicted octanol–water partition coefficient (Wildman–Crippen LogP) is 5.22. The highest BCUT2D eigenvalue weighted by molar-refractivity contribution is 6.15. The zero-order chi connectivity index (χ0) is 22.0. The van der Waals surface area contributed by atoms with Gasteiger partial charge in [0.1, 0.15) is 11.5 Å². The molecule has 3 aromatic carbocycles. The van der Waals surface area contributed by atoms with Crippen molar-refractivity contribution in [3.63, 3.8) is 0 Å². The third kappa shape index (κ3) is 4.21. The molecular weight excluding hydrogens is 392 g/mol. The largest absolute Gasteiger partial charge is 0.479 e. The summed E-state index contributed by atoms with van der Waals surface area (Å²) >= 11 is 0. The van der Waals surface area contributed by atoms with Crippen LogP contribution in [0.3, 0.4) is 0 Å². The third-order valence-corrected chi connectivity index (χ3v) is 5.11. The lowest BCUT2D eigenvalue weighted by atomic mass is 10.0. The van der Waals surface area contributed by atoms with Crippen molar-refractivity contribution < 1.29 is 23.8 Å². The molecule has 4 rings (SSSR count). The number of carbonyl (C=O) groups is 2. The Bertz CT molecular complexity index is 1160. The Morgan fingerprint density at radius 2 is 1.68 bits per heavy atom. The number of allylic oxidation sites excluding steroid dienone is 1. The quantitative estimate of drug-likeness (QED) is 0.423. The van der Waals surface area contributed by atoms with Gasteiger partial charge in [0.05, 0.1) is 12.7 Å². The van der Waals surface area contributed by atoms with E-state index < -0.39 is 12.1 Å². The molecular formula is C26H22O5. The van der Waals surface area contributed by atoms with Crippen molar-refractivity contribution in [2.45, 2.75) is 20.0 Å². The van der Waals surface area contributed by atoms with Crippen molar-refractivity contribution >= 4 is 17.8 Å². The second kappa shape index (κ2) is 8.48. The maximum Gasteiger partial charge on any atom is 0.346 e. The first-order valence-corrected chi connectivity index (χ1v) is 9.95. The summed E-state index contributed by atoms with van der Waals surface area (Å²) in [4.78, 5) is 24.5. The number of benzene rings is 3. The second-order valence-corrected chi connectivity index (χ2v) is 7.32. The molecule has 3 aromatic rings. The van der Waals surface area contributed by atoms with Crippen LogP contribution in [0.4, 0.5) is 0 Å². The first-order valence-electron chi connectivity index (χ1n) is 9.95. The summed E-state index contributed by atoms with van der Waals surface area (Å²) in [6, 6.07) is 21.4. The lowest BCUT2D eigenvalue weighted by Crippen LogP contribution is -2.24. The Balaban J connectivity index is 1.56. The first kappa shape index (κ1) is 20.4. The van der Waals surface area contributed by atoms with Crippen LogP contribution in [-0.4, -0.2) is 25.0 Å². The Morgan fingerprint density at radius 1 is 1.00 bits per heavy atom. The van der Waals surface area contributed by atoms with Gasteiger partial charge in [0.15, 0.2) is 11.9 Å². The molecule has 0 aliphatic carbocycles. The smallest absolute Gasteiger partial charge is 0.346 e. The molecule has 1 aliphatic rings. The molecule has 156 valence electrons. The highest BCUT2D eigenvalue weighted by Gasteiger charge is 2.30. The van der Waals surface area contributed by atoms with Crippen molar-refractivity contribution in [3.05, 3.63) is 89.2 Å². The fourth-order valence-electron chi connectivity index (χ4n) is 3.52. The molecule has 0 aromatic heterocycles. The third-order valence-electron chi connectivity index (χ3n) is 5.11. The Labute approximate surface area is 180 Å². The second-order valence-electron chi connectivity index (χ2n) is 7.32. The SMILES string of the molecule is COC(=O)C(C)Oc1cc(C)c2c(c1)O/C(=C\c1ccc(-c3ccccc3)cc1)C2=O. The van der Waals surface area contributed by atoms with Crippen LogP contribution in [0.5, 0.6) is 11.5 Å². The number of hydrogen-bond donors (Lipinski definition) is 0. The molecule has 5 nitrogen and oxygen atoms in total. The van der Waals surface area contributed by atoms with Crippen LogP contribution in [0.2, 0.25) is 0 Å². The number of esters is 1. The number of Topliss-reactive ketones (excluding diaryl/α,β-unsaturated/α-hetero) is 1. The van der Waals surface area contributed by atoms with Crippen LogP contribution in [-0.2, 0) is 9.53 Å². The highest BCUT2D eigenvalue weighted by Crippen LogP contribution is 2.38. The monoisotopic (exact) mass is 414 g/mol. The van der Waals surface area contributed by atoms with Crippen molar-refractivity contribution in [3.8, 4) is 22.6 Å². The molecule has 1 unspecified atom stereocenters. The van der Waals surface area contributed by atoms with E-state index in [9.17, 15) is 9.59 Å². The van der Waals surface area contributed by atoms with Gasteiger partial charge in [0, 0.05) is 6.07 Å². The summed E-state index contributed by atoms with van der Waals surface area (Å²) in [5, 5.41) is 0. The minimum atomic E-state index is -0.766. The van der Waals surface area contributed by atoms with Gasteiger partial charge in [-0.3, -0.25) is 4.79 Å². The molecule has 1 atom stereocenters. The van der Waals surface area contributed by atoms with Crippen LogP contribution < -0.4 is 9.47 Å². The Hall–Kier alpha value is -3.86. The van der Waals surface area contributed by atoms with Gasteiger partial charge in [-0.1, -0.05) is 54.6 Å². The van der Waals surface area contributed by atoms with E-state index in [0.717, 1.165) is 22.3 Å². The van der Waals surface area contributed by atoms with E-state index in [1.54, 1.807) is 25.1 Å². The van der Waals surface area contributed by atoms with Gasteiger partial charge >= 0.3 is 5.97 Å². The standard InChI is InChI=1S/C26H22O5/c1-16-13-21(30-17(2)26(28)29-3)15-22-24(16)25(27)23(31-22)14-18-9-11-20(12-10-18)19-7-5-4-6-8-19/h4-15,17H,1-3H3/b23-14-. The predicted molar refractivity (Wildman–Crippen MR) is 118 cm³/mol. The minimum absolute atomic E-state index is 0.174. The zero-order valence-electron chi connectivity index (χ0n) is 17.5. The molecule has 1 aliphatic heterocycles. The number of aryl methyl sites for hydroxylation is 1. The van der Waals surface area contributed by atoms with E-state index >= 15 is 0 Å². The number of methoxy groups -OCH3 is 1. The van der Waals surface area contributed by atoms with Gasteiger partial charge < -0.3 is 14.2 Å². The van der Waals surface area contributed by atoms with Gasteiger partial charge in [-0.05, 0) is 48.2 Å². The average Bonchev–Trinajstić information content (AvgIpc) is 3.09. The fraction of sp³-hybridized carbons (Fsp3) is 0.154. The normalized spacial score (nSPS) is 14.7. The van der Waals surface area contributed by atoms with E-state index in [2.05, 4.69) is 16.9 Å². The van der Waals surface area contributed by atoms with Gasteiger partial charge in [0.2, 0.25) is 5.78 Å². The lowest BCUT2D eigenvalue weighted by molar-refractivity contribution is -0.147. The molecule has 31 heavy (non-hydrogen) atoms. The van der Waals surface area contributed by atoms with E-state index in [1.165, 1.54) is 7.11 Å². The Kier molecular flexibility index (Phi) is 5.58. The van der Waals surface area contributed by atoms with E-state index in [0.29, 0.717) is 17.1 Å². The molecule has 0 saturated heterocycles. The molecule has 1 heterocycles. The molecule has 0 radical (unpaired) electrons. The molecule has 0 saturated carbocycles. The van der Waals surface area contributed by atoms with Gasteiger partial charge in [0.25, 0.3) is 0 Å². The zero-order valence-corrected chi connectivity index (χ0v) is 17.5. The summed E-state index contributed by atoms with van der Waals surface area (Å²) in [6.07, 6.45) is 0.964. The maximum atomic E-state index is 12.9. The van der Waals surface area contributed by atoms with Crippen LogP contribution >= 0.6 is 0 Å². The number of carbonyl (C=O) groups excluding carboxylic acids is 2. The molecule has 0 spiro atoms. The topological polar surface area (TPSA) is 61.8 Å². The lowest BCUT2D eigenvalue weighted by Gasteiger charge is -2.13. The van der Waals surface area contributed by atoms with Gasteiger partial charge in [-0.2, -0.15) is 0 Å². The molecule has 0 amide bonds. The van der Waals surface area contributed by atoms with Crippen molar-refractivity contribution in [1.29, 1.82) is 0 Å². The molecule has 0 fully saturated rings. The number of fused-ring (bicyclic) bond motifs is 1. The minimum Gasteiger partial charge on any atom is -0.479 e. The van der Waals surface area contributed by atoms with Crippen LogP contribution in [0.15, 0.2) is 72.5 Å². The Morgan fingerprint density at radius 3 is 2.35 bits per heavy atom. The maximum absolute atomic E-state index is 12.9. The van der Waals surface area contributed by atoms with E-state index in [4.69, 9.17) is 9.47 Å². The summed E-state index contributed by atoms with van der Waals surface area (Å²) in [5.74, 6) is 0.463. The van der Waals surface area contributed by atoms with Crippen LogP contribution in [0, 0.1) is 6.92 Å². The molecule has 0 N–H and O–H groups in total. The van der Waals surface area contributed by atoms with Crippen molar-refractivity contribution in [2.75, 3.05) is 7.11 Å². The van der Waals surface area contributed by atoms with Crippen LogP contribution in [0.1, 0.15) is 28.4 Å². The van der Waals surface area contributed by atoms with E-state index in [1.807, 2.05) is 49.4 Å². The van der Waals surface area contributed by atoms with Crippen molar-refractivity contribution in [2.24, 2.45) is 0 Å². The first-order chi connectivity index (χ1) is 15.0. The number of ketones is 1. The summed E-state index contributed by atoms with van der Waals surface area (Å²) in [5.41, 5.74) is 4.32. The number of ether oxygens (including phenoxy) is 3. The highest BCUT2D eigenvalue weighted by atomic mass is 16.6. The fourth-order valence-corrected chi connectivity index (χ4v) is 3.52. The number of hydrogen-bond acceptors (Lipinski definition) is 5. The summed E-state index contributed by atoms with van der Waals surface area (Å²) < 4.78 is 16.2. The van der Waals surface area contributed by atoms with Crippen molar-refractivity contribution in [1.82, 2.24) is 0 Å². The average molecular weight is 414 g/mol. The van der Waals surface area contributed by atoms with Gasteiger partial charge in [-0.25, -0.2) is 4.79 Å². The summed E-state index contributed by atoms with van der Waals surface area (Å²) in [6.45, 7) is 3.41. The molecule has 0 bridgehead atoms. The molecule has 5 heteroatoms. The van der Waals surface area contributed by atoms with E-state index in [-0.39, 0.29) is 11.5 Å².